The number of carbonyl (C=O) groups is 1. The molecule has 2 heterocycles. The molecule has 0 aliphatic carbocycles. The van der Waals surface area contributed by atoms with E-state index in [2.05, 4.69) is 83.5 Å². The minimum absolute atomic E-state index is 0.0851. The molecule has 32 heavy (non-hydrogen) atoms. The number of hydrogen-bond donors (Lipinski definition) is 1. The highest BCUT2D eigenvalue weighted by atomic mass is 16.6. The normalized spacial score (nSPS) is 19.4. The van der Waals surface area contributed by atoms with Gasteiger partial charge in [0.1, 0.15) is 0 Å². The minimum Gasteiger partial charge on any atom is -0.382 e. The van der Waals surface area contributed by atoms with Gasteiger partial charge >= 0.3 is 0 Å². The Morgan fingerprint density at radius 3 is 2.50 bits per heavy atom. The van der Waals surface area contributed by atoms with Crippen LogP contribution >= 0.6 is 0 Å². The maximum Gasteiger partial charge on any atom is 0.268 e. The van der Waals surface area contributed by atoms with Crippen molar-refractivity contribution in [2.45, 2.75) is 39.7 Å². The van der Waals surface area contributed by atoms with Crippen molar-refractivity contribution in [1.29, 1.82) is 0 Å². The first-order valence-corrected chi connectivity index (χ1v) is 11.5. The van der Waals surface area contributed by atoms with E-state index in [1.54, 1.807) is 0 Å². The highest BCUT2D eigenvalue weighted by molar-refractivity contribution is 6.00. The van der Waals surface area contributed by atoms with Crippen molar-refractivity contribution < 1.29 is 9.63 Å². The second kappa shape index (κ2) is 9.74. The van der Waals surface area contributed by atoms with Gasteiger partial charge in [0.15, 0.2) is 0 Å². The Bertz CT molecular complexity index is 944. The Labute approximate surface area is 191 Å². The molecule has 1 fully saturated rings. The molecule has 0 radical (unpaired) electrons. The fourth-order valence-electron chi connectivity index (χ4n) is 4.13. The molecule has 0 bridgehead atoms. The van der Waals surface area contributed by atoms with E-state index in [0.29, 0.717) is 6.42 Å². The van der Waals surface area contributed by atoms with Gasteiger partial charge in [-0.15, -0.1) is 0 Å². The topological polar surface area (TPSA) is 57.2 Å². The first-order valence-electron chi connectivity index (χ1n) is 11.5. The molecule has 1 atom stereocenters. The van der Waals surface area contributed by atoms with Gasteiger partial charge in [-0.05, 0) is 30.2 Å². The lowest BCUT2D eigenvalue weighted by Crippen LogP contribution is -2.47. The van der Waals surface area contributed by atoms with E-state index in [4.69, 9.17) is 4.84 Å². The molecule has 1 saturated heterocycles. The van der Waals surface area contributed by atoms with Gasteiger partial charge < -0.3 is 15.1 Å². The number of piperazine rings is 1. The SMILES string of the molecule is CC(C)(C)C1=NOC(C(=O)Nc2cccc(N3CCN(CCc4ccccc4)CC3)c2)C1. The van der Waals surface area contributed by atoms with Crippen LogP contribution in [-0.4, -0.2) is 55.3 Å². The van der Waals surface area contributed by atoms with Crippen LogP contribution in [0.15, 0.2) is 59.8 Å². The zero-order valence-corrected chi connectivity index (χ0v) is 19.4. The van der Waals surface area contributed by atoms with Gasteiger partial charge in [-0.25, -0.2) is 0 Å². The third kappa shape index (κ3) is 5.68. The van der Waals surface area contributed by atoms with Gasteiger partial charge in [0, 0.05) is 55.9 Å². The molecule has 6 heteroatoms. The van der Waals surface area contributed by atoms with Gasteiger partial charge in [-0.1, -0.05) is 62.3 Å². The number of nitrogens with one attached hydrogen (secondary N) is 1. The van der Waals surface area contributed by atoms with Gasteiger partial charge in [-0.3, -0.25) is 9.69 Å². The maximum absolute atomic E-state index is 12.7. The number of carbonyl (C=O) groups excluding carboxylic acids is 1. The van der Waals surface area contributed by atoms with Crippen molar-refractivity contribution in [3.8, 4) is 0 Å². The molecule has 6 nitrogen and oxygen atoms in total. The van der Waals surface area contributed by atoms with E-state index < -0.39 is 6.10 Å². The van der Waals surface area contributed by atoms with E-state index in [9.17, 15) is 4.79 Å². The predicted octanol–water partition coefficient (Wildman–Crippen LogP) is 4.18. The van der Waals surface area contributed by atoms with Crippen molar-refractivity contribution in [3.63, 3.8) is 0 Å². The van der Waals surface area contributed by atoms with E-state index in [-0.39, 0.29) is 11.3 Å². The lowest BCUT2D eigenvalue weighted by atomic mass is 9.87. The van der Waals surface area contributed by atoms with Crippen LogP contribution in [0, 0.1) is 5.41 Å². The minimum atomic E-state index is -0.555. The maximum atomic E-state index is 12.7. The highest BCUT2D eigenvalue weighted by Gasteiger charge is 2.33. The van der Waals surface area contributed by atoms with Crippen molar-refractivity contribution in [3.05, 3.63) is 60.2 Å². The summed E-state index contributed by atoms with van der Waals surface area (Å²) in [6.45, 7) is 11.4. The zero-order chi connectivity index (χ0) is 22.6. The molecule has 0 aromatic heterocycles. The van der Waals surface area contributed by atoms with Crippen LogP contribution < -0.4 is 10.2 Å². The second-order valence-electron chi connectivity index (χ2n) is 9.69. The summed E-state index contributed by atoms with van der Waals surface area (Å²) in [5.74, 6) is -0.143. The number of hydrogen-bond acceptors (Lipinski definition) is 5. The van der Waals surface area contributed by atoms with Gasteiger partial charge in [0.05, 0.1) is 5.71 Å². The van der Waals surface area contributed by atoms with Gasteiger partial charge in [-0.2, -0.15) is 0 Å². The average Bonchev–Trinajstić information content (AvgIpc) is 3.30. The number of anilines is 2. The van der Waals surface area contributed by atoms with Crippen LogP contribution in [0.3, 0.4) is 0 Å². The van der Waals surface area contributed by atoms with Gasteiger partial charge in [0.25, 0.3) is 5.91 Å². The zero-order valence-electron chi connectivity index (χ0n) is 19.4. The smallest absolute Gasteiger partial charge is 0.268 e. The quantitative estimate of drug-likeness (QED) is 0.741. The van der Waals surface area contributed by atoms with Crippen molar-refractivity contribution in [1.82, 2.24) is 4.90 Å². The number of rotatable bonds is 6. The molecule has 2 aliphatic heterocycles. The molecule has 2 aromatic carbocycles. The second-order valence-corrected chi connectivity index (χ2v) is 9.69. The summed E-state index contributed by atoms with van der Waals surface area (Å²) in [4.78, 5) is 23.0. The highest BCUT2D eigenvalue weighted by Crippen LogP contribution is 2.27. The third-order valence-corrected chi connectivity index (χ3v) is 6.24. The molecule has 1 amide bonds. The van der Waals surface area contributed by atoms with Crippen LogP contribution in [0.1, 0.15) is 32.8 Å². The molecular weight excluding hydrogens is 400 g/mol. The van der Waals surface area contributed by atoms with Crippen LogP contribution in [0.2, 0.25) is 0 Å². The van der Waals surface area contributed by atoms with Crippen LogP contribution in [-0.2, 0) is 16.1 Å². The summed E-state index contributed by atoms with van der Waals surface area (Å²) in [6, 6.07) is 18.8. The number of oxime groups is 1. The molecule has 4 rings (SSSR count). The summed E-state index contributed by atoms with van der Waals surface area (Å²) < 4.78 is 0. The largest absolute Gasteiger partial charge is 0.382 e. The number of nitrogens with zero attached hydrogens (tertiary/aromatic N) is 3. The van der Waals surface area contributed by atoms with Gasteiger partial charge in [0.2, 0.25) is 6.10 Å². The van der Waals surface area contributed by atoms with Crippen molar-refractivity contribution in [2.75, 3.05) is 42.9 Å². The lowest BCUT2D eigenvalue weighted by Gasteiger charge is -2.36. The molecule has 2 aliphatic rings. The van der Waals surface area contributed by atoms with E-state index >= 15 is 0 Å². The Balaban J connectivity index is 1.27. The molecule has 170 valence electrons. The fourth-order valence-corrected chi connectivity index (χ4v) is 4.13. The lowest BCUT2D eigenvalue weighted by molar-refractivity contribution is -0.125. The van der Waals surface area contributed by atoms with Crippen LogP contribution in [0.4, 0.5) is 11.4 Å². The fraction of sp³-hybridized carbons (Fsp3) is 0.462. The molecule has 0 spiro atoms. The predicted molar refractivity (Wildman–Crippen MR) is 130 cm³/mol. The monoisotopic (exact) mass is 434 g/mol. The van der Waals surface area contributed by atoms with Crippen LogP contribution in [0.25, 0.3) is 0 Å². The Morgan fingerprint density at radius 1 is 1.06 bits per heavy atom. The molecule has 1 N–H and O–H groups in total. The third-order valence-electron chi connectivity index (χ3n) is 6.24. The average molecular weight is 435 g/mol. The molecule has 0 saturated carbocycles. The first kappa shape index (κ1) is 22.3. The summed E-state index contributed by atoms with van der Waals surface area (Å²) >= 11 is 0. The van der Waals surface area contributed by atoms with Crippen molar-refractivity contribution >= 4 is 23.0 Å². The summed E-state index contributed by atoms with van der Waals surface area (Å²) in [5, 5.41) is 7.13. The summed E-state index contributed by atoms with van der Waals surface area (Å²) in [5.41, 5.74) is 4.18. The molecule has 2 aromatic rings. The Hall–Kier alpha value is -2.86. The van der Waals surface area contributed by atoms with Crippen LogP contribution in [0.5, 0.6) is 0 Å². The number of benzene rings is 2. The molecular formula is C26H34N4O2. The van der Waals surface area contributed by atoms with E-state index in [1.807, 2.05) is 12.1 Å². The van der Waals surface area contributed by atoms with E-state index in [0.717, 1.165) is 56.2 Å². The van der Waals surface area contributed by atoms with E-state index in [1.165, 1.54) is 5.56 Å². The summed E-state index contributed by atoms with van der Waals surface area (Å²) in [6.07, 6.45) is 1.08. The standard InChI is InChI=1S/C26H34N4O2/c1-26(2,3)24-19-23(32-28-24)25(31)27-21-10-7-11-22(18-21)30-16-14-29(15-17-30)13-12-20-8-5-4-6-9-20/h4-11,18,23H,12-17,19H2,1-3H3,(H,27,31). The molecule has 1 unspecified atom stereocenters. The number of amides is 1. The summed E-state index contributed by atoms with van der Waals surface area (Å²) in [7, 11) is 0. The van der Waals surface area contributed by atoms with Crippen molar-refractivity contribution in [2.24, 2.45) is 10.6 Å². The Morgan fingerprint density at radius 2 is 1.81 bits per heavy atom. The first-order chi connectivity index (χ1) is 15.4. The Kier molecular flexibility index (Phi) is 6.80.